The van der Waals surface area contributed by atoms with E-state index in [0.717, 1.165) is 37.2 Å². The smallest absolute Gasteiger partial charge is 0.264 e. The lowest BCUT2D eigenvalue weighted by atomic mass is 10.0. The molecule has 1 N–H and O–H groups in total. The fourth-order valence-corrected chi connectivity index (χ4v) is 6.98. The molecule has 1 heterocycles. The Morgan fingerprint density at radius 2 is 1.85 bits per heavy atom. The van der Waals surface area contributed by atoms with Gasteiger partial charge < -0.3 is 14.6 Å². The Balaban J connectivity index is 1.71. The molecule has 0 spiro atoms. The Labute approximate surface area is 203 Å². The highest BCUT2D eigenvalue weighted by molar-refractivity contribution is 7.92. The molecule has 2 aromatic rings. The van der Waals surface area contributed by atoms with Crippen LogP contribution < -0.4 is 9.04 Å². The summed E-state index contributed by atoms with van der Waals surface area (Å²) < 4.78 is 41.3. The second-order valence-corrected chi connectivity index (χ2v) is 11.9. The normalized spacial score (nSPS) is 18.8. The van der Waals surface area contributed by atoms with Gasteiger partial charge in [0.05, 0.1) is 23.3 Å². The molecule has 2 aromatic carbocycles. The van der Waals surface area contributed by atoms with Gasteiger partial charge in [-0.1, -0.05) is 31.5 Å². The van der Waals surface area contributed by atoms with Crippen molar-refractivity contribution in [3.8, 4) is 5.75 Å². The average molecular weight is 488 g/mol. The van der Waals surface area contributed by atoms with Crippen molar-refractivity contribution in [3.05, 3.63) is 52.6 Å². The van der Waals surface area contributed by atoms with Gasteiger partial charge in [-0.05, 0) is 80.7 Å². The molecule has 0 amide bonds. The number of sulfonamides is 1. The predicted molar refractivity (Wildman–Crippen MR) is 134 cm³/mol. The Morgan fingerprint density at radius 3 is 2.53 bits per heavy atom. The molecule has 7 heteroatoms. The Bertz CT molecular complexity index is 1120. The van der Waals surface area contributed by atoms with E-state index < -0.39 is 16.1 Å². The third-order valence-corrected chi connectivity index (χ3v) is 8.67. The van der Waals surface area contributed by atoms with Crippen molar-refractivity contribution >= 4 is 15.7 Å². The first-order chi connectivity index (χ1) is 16.2. The zero-order chi connectivity index (χ0) is 24.5. The zero-order valence-electron chi connectivity index (χ0n) is 20.7. The van der Waals surface area contributed by atoms with Crippen molar-refractivity contribution in [3.63, 3.8) is 0 Å². The van der Waals surface area contributed by atoms with Crippen molar-refractivity contribution in [1.82, 2.24) is 0 Å². The number of ether oxygens (including phenoxy) is 2. The van der Waals surface area contributed by atoms with Crippen LogP contribution in [0.4, 0.5) is 5.69 Å². The van der Waals surface area contributed by atoms with Gasteiger partial charge in [0.25, 0.3) is 10.0 Å². The van der Waals surface area contributed by atoms with Gasteiger partial charge in [0, 0.05) is 25.3 Å². The fraction of sp³-hybridized carbons (Fsp3) is 0.556. The standard InChI is InChI=1S/C27H37NO5S/c1-18(2)16-28(23-7-5-19(3)15-20(23)4)34(30,31)26-10-9-25(27-22(26)6-8-24(27)29)33-17-21-11-13-32-14-12-21/h5,7,9-10,15,18,21,24,29H,6,8,11-14,16-17H2,1-4H3. The lowest BCUT2D eigenvalue weighted by Gasteiger charge is -2.29. The van der Waals surface area contributed by atoms with E-state index in [0.29, 0.717) is 54.5 Å². The molecule has 1 unspecified atom stereocenters. The Hall–Kier alpha value is -2.09. The highest BCUT2D eigenvalue weighted by Crippen LogP contribution is 2.43. The summed E-state index contributed by atoms with van der Waals surface area (Å²) in [7, 11) is -3.84. The Kier molecular flexibility index (Phi) is 7.55. The number of nitrogens with zero attached hydrogens (tertiary/aromatic N) is 1. The van der Waals surface area contributed by atoms with Gasteiger partial charge in [-0.3, -0.25) is 4.31 Å². The van der Waals surface area contributed by atoms with Crippen LogP contribution in [0.2, 0.25) is 0 Å². The summed E-state index contributed by atoms with van der Waals surface area (Å²) >= 11 is 0. The highest BCUT2D eigenvalue weighted by atomic mass is 32.2. The molecule has 0 saturated carbocycles. The minimum atomic E-state index is -3.84. The van der Waals surface area contributed by atoms with E-state index in [1.807, 2.05) is 45.9 Å². The molecule has 34 heavy (non-hydrogen) atoms. The van der Waals surface area contributed by atoms with Gasteiger partial charge in [-0.25, -0.2) is 8.42 Å². The molecule has 1 aliphatic heterocycles. The van der Waals surface area contributed by atoms with Gasteiger partial charge in [-0.15, -0.1) is 0 Å². The zero-order valence-corrected chi connectivity index (χ0v) is 21.5. The number of aliphatic hydroxyl groups is 1. The van der Waals surface area contributed by atoms with Crippen LogP contribution in [0.5, 0.6) is 5.75 Å². The summed E-state index contributed by atoms with van der Waals surface area (Å²) in [6.45, 7) is 10.4. The summed E-state index contributed by atoms with van der Waals surface area (Å²) in [5.74, 6) is 1.17. The topological polar surface area (TPSA) is 76.1 Å². The third-order valence-electron chi connectivity index (χ3n) is 6.81. The van der Waals surface area contributed by atoms with Crippen LogP contribution in [0.15, 0.2) is 35.2 Å². The first-order valence-electron chi connectivity index (χ1n) is 12.3. The van der Waals surface area contributed by atoms with Crippen LogP contribution in [0.25, 0.3) is 0 Å². The summed E-state index contributed by atoms with van der Waals surface area (Å²) in [4.78, 5) is 0.276. The first kappa shape index (κ1) is 25.0. The second-order valence-electron chi connectivity index (χ2n) is 10.1. The van der Waals surface area contributed by atoms with Crippen LogP contribution in [0.1, 0.15) is 61.5 Å². The van der Waals surface area contributed by atoms with E-state index in [9.17, 15) is 13.5 Å². The summed E-state index contributed by atoms with van der Waals surface area (Å²) in [6.07, 6.45) is 2.22. The molecule has 0 radical (unpaired) electrons. The molecule has 1 saturated heterocycles. The SMILES string of the molecule is Cc1ccc(N(CC(C)C)S(=O)(=O)c2ccc(OCC3CCOCC3)c3c2CCC3O)c(C)c1. The molecule has 2 aliphatic rings. The number of hydrogen-bond acceptors (Lipinski definition) is 5. The van der Waals surface area contributed by atoms with Gasteiger partial charge >= 0.3 is 0 Å². The van der Waals surface area contributed by atoms with Crippen LogP contribution in [-0.4, -0.2) is 39.9 Å². The molecule has 0 aromatic heterocycles. The summed E-state index contributed by atoms with van der Waals surface area (Å²) in [5, 5.41) is 10.8. The van der Waals surface area contributed by atoms with Gasteiger partial charge in [0.2, 0.25) is 0 Å². The minimum absolute atomic E-state index is 0.149. The predicted octanol–water partition coefficient (Wildman–Crippen LogP) is 4.94. The number of benzene rings is 2. The molecule has 186 valence electrons. The molecule has 1 atom stereocenters. The summed E-state index contributed by atoms with van der Waals surface area (Å²) in [5.41, 5.74) is 4.05. The number of fused-ring (bicyclic) bond motifs is 1. The molecule has 4 rings (SSSR count). The molecule has 1 fully saturated rings. The maximum absolute atomic E-state index is 14.1. The number of hydrogen-bond donors (Lipinski definition) is 1. The lowest BCUT2D eigenvalue weighted by Crippen LogP contribution is -2.35. The van der Waals surface area contributed by atoms with Crippen LogP contribution >= 0.6 is 0 Å². The lowest BCUT2D eigenvalue weighted by molar-refractivity contribution is 0.0491. The fourth-order valence-electron chi connectivity index (χ4n) is 5.02. The second kappa shape index (κ2) is 10.3. The van der Waals surface area contributed by atoms with E-state index >= 15 is 0 Å². The maximum Gasteiger partial charge on any atom is 0.264 e. The van der Waals surface area contributed by atoms with Gasteiger partial charge in [0.1, 0.15) is 5.75 Å². The highest BCUT2D eigenvalue weighted by Gasteiger charge is 2.35. The largest absolute Gasteiger partial charge is 0.493 e. The number of aliphatic hydroxyl groups excluding tert-OH is 1. The van der Waals surface area contributed by atoms with E-state index in [4.69, 9.17) is 9.47 Å². The van der Waals surface area contributed by atoms with E-state index in [2.05, 4.69) is 0 Å². The average Bonchev–Trinajstić information content (AvgIpc) is 3.18. The maximum atomic E-state index is 14.1. The van der Waals surface area contributed by atoms with Crippen molar-refractivity contribution < 1.29 is 23.0 Å². The van der Waals surface area contributed by atoms with E-state index in [-0.39, 0.29) is 10.8 Å². The molecule has 6 nitrogen and oxygen atoms in total. The third kappa shape index (κ3) is 5.11. The molecular formula is C27H37NO5S. The summed E-state index contributed by atoms with van der Waals surface area (Å²) in [6, 6.07) is 9.26. The van der Waals surface area contributed by atoms with Crippen molar-refractivity contribution in [1.29, 1.82) is 0 Å². The molecular weight excluding hydrogens is 450 g/mol. The number of rotatable bonds is 8. The van der Waals surface area contributed by atoms with Crippen molar-refractivity contribution in [2.75, 3.05) is 30.7 Å². The van der Waals surface area contributed by atoms with Crippen molar-refractivity contribution in [2.24, 2.45) is 11.8 Å². The van der Waals surface area contributed by atoms with Crippen molar-refractivity contribution in [2.45, 2.75) is 64.4 Å². The molecule has 0 bridgehead atoms. The minimum Gasteiger partial charge on any atom is -0.493 e. The Morgan fingerprint density at radius 1 is 1.12 bits per heavy atom. The van der Waals surface area contributed by atoms with E-state index in [1.165, 1.54) is 4.31 Å². The monoisotopic (exact) mass is 487 g/mol. The van der Waals surface area contributed by atoms with Crippen LogP contribution in [-0.2, 0) is 21.2 Å². The van der Waals surface area contributed by atoms with Crippen LogP contribution in [0.3, 0.4) is 0 Å². The molecule has 1 aliphatic carbocycles. The number of aryl methyl sites for hydroxylation is 2. The quantitative estimate of drug-likeness (QED) is 0.571. The van der Waals surface area contributed by atoms with Crippen LogP contribution in [0, 0.1) is 25.7 Å². The van der Waals surface area contributed by atoms with Gasteiger partial charge in [0.15, 0.2) is 0 Å². The van der Waals surface area contributed by atoms with E-state index in [1.54, 1.807) is 12.1 Å². The first-order valence-corrected chi connectivity index (χ1v) is 13.8. The number of anilines is 1. The van der Waals surface area contributed by atoms with Gasteiger partial charge in [-0.2, -0.15) is 0 Å².